The lowest BCUT2D eigenvalue weighted by Gasteiger charge is -2.09. The molecule has 2 aromatic rings. The van der Waals surface area contributed by atoms with Crippen molar-refractivity contribution in [3.63, 3.8) is 0 Å². The molecule has 1 heterocycles. The van der Waals surface area contributed by atoms with Gasteiger partial charge in [-0.05, 0) is 36.2 Å². The first kappa shape index (κ1) is 16.8. The van der Waals surface area contributed by atoms with Crippen molar-refractivity contribution in [2.45, 2.75) is 12.6 Å². The topological polar surface area (TPSA) is 54.0 Å². The maximum atomic E-state index is 12.4. The molecule has 0 aliphatic rings. The zero-order valence-electron chi connectivity index (χ0n) is 12.2. The van der Waals surface area contributed by atoms with Gasteiger partial charge in [0.2, 0.25) is 5.91 Å². The maximum Gasteiger partial charge on any atom is 0.416 e. The Labute approximate surface area is 131 Å². The third-order valence-electron chi connectivity index (χ3n) is 3.13. The van der Waals surface area contributed by atoms with Crippen molar-refractivity contribution in [2.24, 2.45) is 0 Å². The van der Waals surface area contributed by atoms with Gasteiger partial charge >= 0.3 is 6.18 Å². The van der Waals surface area contributed by atoms with Gasteiger partial charge in [0.25, 0.3) is 0 Å². The van der Waals surface area contributed by atoms with Gasteiger partial charge in [-0.3, -0.25) is 9.78 Å². The summed E-state index contributed by atoms with van der Waals surface area (Å²) in [5, 5.41) is 5.62. The maximum absolute atomic E-state index is 12.4. The third kappa shape index (κ3) is 5.61. The molecule has 0 atom stereocenters. The Balaban J connectivity index is 1.71. The van der Waals surface area contributed by atoms with Gasteiger partial charge in [0.05, 0.1) is 17.8 Å². The molecule has 7 heteroatoms. The Morgan fingerprint density at radius 3 is 2.48 bits per heavy atom. The lowest BCUT2D eigenvalue weighted by molar-refractivity contribution is -0.137. The predicted molar refractivity (Wildman–Crippen MR) is 80.9 cm³/mol. The number of nitrogens with one attached hydrogen (secondary N) is 2. The van der Waals surface area contributed by atoms with Gasteiger partial charge in [0, 0.05) is 18.9 Å². The van der Waals surface area contributed by atoms with Crippen LogP contribution in [-0.2, 0) is 17.4 Å². The van der Waals surface area contributed by atoms with Crippen LogP contribution >= 0.6 is 0 Å². The SMILES string of the molecule is O=C(CNc1cccnc1)NCCc1ccc(C(F)(F)F)cc1. The van der Waals surface area contributed by atoms with Crippen LogP contribution in [0.5, 0.6) is 0 Å². The van der Waals surface area contributed by atoms with E-state index in [4.69, 9.17) is 0 Å². The van der Waals surface area contributed by atoms with Crippen LogP contribution in [-0.4, -0.2) is 24.0 Å². The van der Waals surface area contributed by atoms with Crippen molar-refractivity contribution < 1.29 is 18.0 Å². The molecule has 1 amide bonds. The third-order valence-corrected chi connectivity index (χ3v) is 3.13. The van der Waals surface area contributed by atoms with Gasteiger partial charge in [0.15, 0.2) is 0 Å². The van der Waals surface area contributed by atoms with Gasteiger partial charge in [-0.2, -0.15) is 13.2 Å². The highest BCUT2D eigenvalue weighted by Gasteiger charge is 2.29. The summed E-state index contributed by atoms with van der Waals surface area (Å²) in [7, 11) is 0. The Kier molecular flexibility index (Phi) is 5.56. The molecule has 0 radical (unpaired) electrons. The summed E-state index contributed by atoms with van der Waals surface area (Å²) in [5.74, 6) is -0.194. The van der Waals surface area contributed by atoms with Crippen molar-refractivity contribution in [3.8, 4) is 0 Å². The lowest BCUT2D eigenvalue weighted by atomic mass is 10.1. The van der Waals surface area contributed by atoms with E-state index in [9.17, 15) is 18.0 Å². The number of halogens is 3. The summed E-state index contributed by atoms with van der Waals surface area (Å²) in [6, 6.07) is 8.47. The highest BCUT2D eigenvalue weighted by Crippen LogP contribution is 2.29. The number of hydrogen-bond donors (Lipinski definition) is 2. The lowest BCUT2D eigenvalue weighted by Crippen LogP contribution is -2.31. The minimum Gasteiger partial charge on any atom is -0.375 e. The fourth-order valence-electron chi connectivity index (χ4n) is 1.92. The first-order valence-electron chi connectivity index (χ1n) is 7.02. The molecule has 1 aromatic carbocycles. The highest BCUT2D eigenvalue weighted by molar-refractivity contribution is 5.80. The Morgan fingerprint density at radius 2 is 1.87 bits per heavy atom. The van der Waals surface area contributed by atoms with E-state index < -0.39 is 11.7 Å². The van der Waals surface area contributed by atoms with Gasteiger partial charge in [0.1, 0.15) is 0 Å². The van der Waals surface area contributed by atoms with E-state index in [0.717, 1.165) is 23.4 Å². The van der Waals surface area contributed by atoms with Crippen LogP contribution < -0.4 is 10.6 Å². The van der Waals surface area contributed by atoms with Gasteiger partial charge in [-0.15, -0.1) is 0 Å². The molecule has 0 bridgehead atoms. The van der Waals surface area contributed by atoms with Gasteiger partial charge in [-0.25, -0.2) is 0 Å². The van der Waals surface area contributed by atoms with Crippen molar-refractivity contribution in [1.29, 1.82) is 0 Å². The molecule has 0 spiro atoms. The molecule has 0 fully saturated rings. The van der Waals surface area contributed by atoms with Crippen molar-refractivity contribution >= 4 is 11.6 Å². The monoisotopic (exact) mass is 323 g/mol. The molecule has 4 nitrogen and oxygen atoms in total. The smallest absolute Gasteiger partial charge is 0.375 e. The average molecular weight is 323 g/mol. The molecule has 0 aliphatic heterocycles. The number of alkyl halides is 3. The average Bonchev–Trinajstić information content (AvgIpc) is 2.53. The second-order valence-electron chi connectivity index (χ2n) is 4.89. The molecule has 1 aromatic heterocycles. The second kappa shape index (κ2) is 7.62. The standard InChI is InChI=1S/C16H16F3N3O/c17-16(18,19)13-5-3-12(4-6-13)7-9-21-15(23)11-22-14-2-1-8-20-10-14/h1-6,8,10,22H,7,9,11H2,(H,21,23). The molecule has 0 saturated carbocycles. The number of anilines is 1. The predicted octanol–water partition coefficient (Wildman–Crippen LogP) is 2.87. The minimum absolute atomic E-state index is 0.110. The summed E-state index contributed by atoms with van der Waals surface area (Å²) in [6.07, 6.45) is -0.619. The summed E-state index contributed by atoms with van der Waals surface area (Å²) in [5.41, 5.74) is 0.801. The molecule has 0 saturated heterocycles. The zero-order chi connectivity index (χ0) is 16.7. The van der Waals surface area contributed by atoms with E-state index in [-0.39, 0.29) is 12.5 Å². The fraction of sp³-hybridized carbons (Fsp3) is 0.250. The first-order chi connectivity index (χ1) is 10.9. The summed E-state index contributed by atoms with van der Waals surface area (Å²) < 4.78 is 37.3. The molecule has 0 aliphatic carbocycles. The number of pyridine rings is 1. The van der Waals surface area contributed by atoms with E-state index in [1.165, 1.54) is 12.1 Å². The Bertz CT molecular complexity index is 627. The molecular weight excluding hydrogens is 307 g/mol. The van der Waals surface area contributed by atoms with Crippen LogP contribution in [0.1, 0.15) is 11.1 Å². The second-order valence-corrected chi connectivity index (χ2v) is 4.89. The highest BCUT2D eigenvalue weighted by atomic mass is 19.4. The van der Waals surface area contributed by atoms with Gasteiger partial charge in [-0.1, -0.05) is 12.1 Å². The van der Waals surface area contributed by atoms with Crippen LogP contribution in [0.4, 0.5) is 18.9 Å². The van der Waals surface area contributed by atoms with E-state index in [0.29, 0.717) is 13.0 Å². The summed E-state index contributed by atoms with van der Waals surface area (Å²) >= 11 is 0. The van der Waals surface area contributed by atoms with Crippen molar-refractivity contribution in [1.82, 2.24) is 10.3 Å². The largest absolute Gasteiger partial charge is 0.416 e. The number of carbonyl (C=O) groups excluding carboxylic acids is 1. The van der Waals surface area contributed by atoms with Crippen LogP contribution in [0.15, 0.2) is 48.8 Å². The Hall–Kier alpha value is -2.57. The van der Waals surface area contributed by atoms with Crippen molar-refractivity contribution in [3.05, 3.63) is 59.9 Å². The number of carbonyl (C=O) groups is 1. The molecule has 23 heavy (non-hydrogen) atoms. The number of benzene rings is 1. The van der Waals surface area contributed by atoms with Crippen molar-refractivity contribution in [2.75, 3.05) is 18.4 Å². The number of nitrogens with zero attached hydrogens (tertiary/aromatic N) is 1. The molecular formula is C16H16F3N3O. The van der Waals surface area contributed by atoms with Gasteiger partial charge < -0.3 is 10.6 Å². The van der Waals surface area contributed by atoms with Crippen LogP contribution in [0.3, 0.4) is 0 Å². The quantitative estimate of drug-likeness (QED) is 0.859. The first-order valence-corrected chi connectivity index (χ1v) is 7.02. The van der Waals surface area contributed by atoms with Crippen LogP contribution in [0.25, 0.3) is 0 Å². The van der Waals surface area contributed by atoms with E-state index in [2.05, 4.69) is 15.6 Å². The molecule has 2 rings (SSSR count). The molecule has 0 unspecified atom stereocenters. The normalized spacial score (nSPS) is 11.1. The zero-order valence-corrected chi connectivity index (χ0v) is 12.2. The fourth-order valence-corrected chi connectivity index (χ4v) is 1.92. The van der Waals surface area contributed by atoms with Crippen LogP contribution in [0.2, 0.25) is 0 Å². The number of amides is 1. The number of aromatic nitrogens is 1. The van der Waals surface area contributed by atoms with Crippen LogP contribution in [0, 0.1) is 0 Å². The molecule has 122 valence electrons. The van der Waals surface area contributed by atoms with E-state index in [1.807, 2.05) is 0 Å². The van der Waals surface area contributed by atoms with E-state index >= 15 is 0 Å². The number of rotatable bonds is 6. The summed E-state index contributed by atoms with van der Waals surface area (Å²) in [6.45, 7) is 0.470. The Morgan fingerprint density at radius 1 is 1.13 bits per heavy atom. The van der Waals surface area contributed by atoms with E-state index in [1.54, 1.807) is 24.5 Å². The number of hydrogen-bond acceptors (Lipinski definition) is 3. The minimum atomic E-state index is -4.33. The summed E-state index contributed by atoms with van der Waals surface area (Å²) in [4.78, 5) is 15.6. The molecule has 2 N–H and O–H groups in total.